The predicted octanol–water partition coefficient (Wildman–Crippen LogP) is 2.84. The van der Waals surface area contributed by atoms with Crippen molar-refractivity contribution in [1.82, 2.24) is 5.32 Å². The molecule has 2 atom stereocenters. The minimum absolute atomic E-state index is 0.297. The lowest BCUT2D eigenvalue weighted by Gasteiger charge is -2.30. The number of quaternary nitrogens is 1. The van der Waals surface area contributed by atoms with Gasteiger partial charge in [-0.3, -0.25) is 0 Å². The smallest absolute Gasteiger partial charge is 0.171 e. The normalized spacial score (nSPS) is 17.6. The lowest BCUT2D eigenvalue weighted by molar-refractivity contribution is -0.920. The fraction of sp³-hybridized carbons (Fsp3) is 0.389. The van der Waals surface area contributed by atoms with E-state index in [4.69, 9.17) is 12.2 Å². The molecule has 0 unspecified atom stereocenters. The van der Waals surface area contributed by atoms with E-state index in [0.29, 0.717) is 17.2 Å². The quantitative estimate of drug-likeness (QED) is 0.727. The van der Waals surface area contributed by atoms with Crippen LogP contribution >= 0.6 is 23.6 Å². The second-order valence-electron chi connectivity index (χ2n) is 6.11. The summed E-state index contributed by atoms with van der Waals surface area (Å²) in [6, 6.07) is 15.3. The highest BCUT2D eigenvalue weighted by atomic mass is 32.1. The van der Waals surface area contributed by atoms with Gasteiger partial charge in [-0.05, 0) is 42.7 Å². The van der Waals surface area contributed by atoms with Crippen molar-refractivity contribution in [2.45, 2.75) is 31.8 Å². The van der Waals surface area contributed by atoms with E-state index in [1.165, 1.54) is 30.8 Å². The van der Waals surface area contributed by atoms with Gasteiger partial charge in [-0.2, -0.15) is 0 Å². The summed E-state index contributed by atoms with van der Waals surface area (Å²) < 4.78 is 0. The zero-order valence-corrected chi connectivity index (χ0v) is 15.1. The van der Waals surface area contributed by atoms with Gasteiger partial charge in [0.2, 0.25) is 0 Å². The molecule has 1 aromatic heterocycles. The Morgan fingerprint density at radius 3 is 2.52 bits per heavy atom. The Morgan fingerprint density at radius 1 is 1.13 bits per heavy atom. The average molecular weight is 347 g/mol. The number of thiocarbonyl (C=S) groups is 1. The number of para-hydroxylation sites is 1. The Kier molecular flexibility index (Phi) is 5.65. The van der Waals surface area contributed by atoms with Crippen molar-refractivity contribution in [3.8, 4) is 0 Å². The molecule has 1 aliphatic heterocycles. The molecule has 1 fully saturated rings. The van der Waals surface area contributed by atoms with Crippen LogP contribution in [0.4, 0.5) is 5.69 Å². The maximum Gasteiger partial charge on any atom is 0.171 e. The largest absolute Gasteiger partial charge is 0.354 e. The van der Waals surface area contributed by atoms with Crippen molar-refractivity contribution in [3.05, 3.63) is 52.7 Å². The van der Waals surface area contributed by atoms with Crippen LogP contribution in [0.2, 0.25) is 0 Å². The van der Waals surface area contributed by atoms with Gasteiger partial charge in [0, 0.05) is 18.5 Å². The van der Waals surface area contributed by atoms with E-state index < -0.39 is 0 Å². The van der Waals surface area contributed by atoms with E-state index in [9.17, 15) is 0 Å². The van der Waals surface area contributed by atoms with Crippen LogP contribution in [0.3, 0.4) is 0 Å². The summed E-state index contributed by atoms with van der Waals surface area (Å²) >= 11 is 7.36. The fourth-order valence-corrected chi connectivity index (χ4v) is 4.68. The van der Waals surface area contributed by atoms with Crippen molar-refractivity contribution >= 4 is 34.4 Å². The summed E-state index contributed by atoms with van der Waals surface area (Å²) in [4.78, 5) is 3.12. The standard InChI is InChI=1S/C18H23N3S2/c1-14(19-18(22)20-15-8-3-2-4-9-15)17(16-10-7-13-23-16)21-11-5-6-12-21/h2-4,7-10,13-14,17H,5-6,11-12H2,1H3,(H2,19,20,22)/p+1/t14-,17-/m0/s1. The summed E-state index contributed by atoms with van der Waals surface area (Å²) in [7, 11) is 0. The number of hydrogen-bond donors (Lipinski definition) is 3. The second-order valence-corrected chi connectivity index (χ2v) is 7.50. The lowest BCUT2D eigenvalue weighted by Crippen LogP contribution is -3.11. The maximum absolute atomic E-state index is 5.51. The van der Waals surface area contributed by atoms with Crippen LogP contribution in [-0.2, 0) is 0 Å². The van der Waals surface area contributed by atoms with Crippen LogP contribution in [0.5, 0.6) is 0 Å². The molecule has 2 aromatic rings. The molecule has 23 heavy (non-hydrogen) atoms. The third-order valence-corrected chi connectivity index (χ3v) is 5.60. The SMILES string of the molecule is C[C@H](NC(=S)Nc1ccccc1)[C@@H](c1cccs1)[NH+]1CCCC1. The number of benzene rings is 1. The zero-order chi connectivity index (χ0) is 16.1. The molecule has 0 saturated carbocycles. The number of hydrogen-bond acceptors (Lipinski definition) is 2. The molecule has 2 heterocycles. The first-order valence-electron chi connectivity index (χ1n) is 8.24. The molecule has 3 rings (SSSR count). The molecular formula is C18H24N3S2+. The van der Waals surface area contributed by atoms with E-state index in [1.54, 1.807) is 4.90 Å². The molecular weight excluding hydrogens is 322 g/mol. The first kappa shape index (κ1) is 16.4. The number of anilines is 1. The van der Waals surface area contributed by atoms with Gasteiger partial charge < -0.3 is 15.5 Å². The van der Waals surface area contributed by atoms with Crippen LogP contribution in [0.1, 0.15) is 30.7 Å². The van der Waals surface area contributed by atoms with E-state index in [1.807, 2.05) is 41.7 Å². The number of nitrogens with one attached hydrogen (secondary N) is 3. The summed E-state index contributed by atoms with van der Waals surface area (Å²) in [5.74, 6) is 0. The Labute approximate surface area is 147 Å². The Hall–Kier alpha value is -1.43. The van der Waals surface area contributed by atoms with Crippen LogP contribution in [-0.4, -0.2) is 24.2 Å². The van der Waals surface area contributed by atoms with Crippen LogP contribution in [0.25, 0.3) is 0 Å². The highest BCUT2D eigenvalue weighted by molar-refractivity contribution is 7.80. The molecule has 1 aromatic carbocycles. The molecule has 1 aliphatic rings. The zero-order valence-electron chi connectivity index (χ0n) is 13.4. The van der Waals surface area contributed by atoms with Gasteiger partial charge in [-0.25, -0.2) is 0 Å². The number of thiophene rings is 1. The summed E-state index contributed by atoms with van der Waals surface area (Å²) in [5.41, 5.74) is 1.03. The molecule has 1 saturated heterocycles. The van der Waals surface area contributed by atoms with Crippen LogP contribution in [0.15, 0.2) is 47.8 Å². The first-order valence-corrected chi connectivity index (χ1v) is 9.53. The minimum atomic E-state index is 0.297. The predicted molar refractivity (Wildman–Crippen MR) is 102 cm³/mol. The molecule has 0 aliphatic carbocycles. The molecule has 0 amide bonds. The van der Waals surface area contributed by atoms with Crippen molar-refractivity contribution in [2.24, 2.45) is 0 Å². The van der Waals surface area contributed by atoms with Crippen molar-refractivity contribution < 1.29 is 4.90 Å². The molecule has 3 nitrogen and oxygen atoms in total. The van der Waals surface area contributed by atoms with Crippen molar-refractivity contribution in [1.29, 1.82) is 0 Å². The fourth-order valence-electron chi connectivity index (χ4n) is 3.39. The van der Waals surface area contributed by atoms with Gasteiger partial charge in [0.25, 0.3) is 0 Å². The van der Waals surface area contributed by atoms with E-state index in [-0.39, 0.29) is 0 Å². The Morgan fingerprint density at radius 2 is 1.87 bits per heavy atom. The average Bonchev–Trinajstić information content (AvgIpc) is 3.22. The highest BCUT2D eigenvalue weighted by Crippen LogP contribution is 2.21. The maximum atomic E-state index is 5.51. The van der Waals surface area contributed by atoms with E-state index in [2.05, 4.69) is 35.1 Å². The minimum Gasteiger partial charge on any atom is -0.354 e. The van der Waals surface area contributed by atoms with E-state index in [0.717, 1.165) is 5.69 Å². The number of rotatable bonds is 5. The molecule has 122 valence electrons. The first-order chi connectivity index (χ1) is 11.2. The van der Waals surface area contributed by atoms with Gasteiger partial charge in [-0.15, -0.1) is 11.3 Å². The molecule has 0 bridgehead atoms. The van der Waals surface area contributed by atoms with Crippen molar-refractivity contribution in [2.75, 3.05) is 18.4 Å². The molecule has 3 N–H and O–H groups in total. The number of likely N-dealkylation sites (tertiary alicyclic amines) is 1. The van der Waals surface area contributed by atoms with Gasteiger partial charge in [0.15, 0.2) is 5.11 Å². The Bertz CT molecular complexity index is 606. The lowest BCUT2D eigenvalue weighted by atomic mass is 10.1. The second kappa shape index (κ2) is 7.90. The van der Waals surface area contributed by atoms with Crippen LogP contribution in [0, 0.1) is 0 Å². The van der Waals surface area contributed by atoms with Gasteiger partial charge in [-0.1, -0.05) is 24.3 Å². The summed E-state index contributed by atoms with van der Waals surface area (Å²) in [5, 5.41) is 9.65. The van der Waals surface area contributed by atoms with E-state index >= 15 is 0 Å². The third kappa shape index (κ3) is 4.31. The van der Waals surface area contributed by atoms with Gasteiger partial charge in [0.1, 0.15) is 6.04 Å². The topological polar surface area (TPSA) is 28.5 Å². The van der Waals surface area contributed by atoms with Gasteiger partial charge >= 0.3 is 0 Å². The monoisotopic (exact) mass is 346 g/mol. The highest BCUT2D eigenvalue weighted by Gasteiger charge is 2.33. The summed E-state index contributed by atoms with van der Waals surface area (Å²) in [6.07, 6.45) is 2.66. The molecule has 0 spiro atoms. The Balaban J connectivity index is 1.66. The van der Waals surface area contributed by atoms with Gasteiger partial charge in [0.05, 0.1) is 24.0 Å². The molecule has 0 radical (unpaired) electrons. The summed E-state index contributed by atoms with van der Waals surface area (Å²) in [6.45, 7) is 4.76. The van der Waals surface area contributed by atoms with Crippen LogP contribution < -0.4 is 15.5 Å². The molecule has 5 heteroatoms. The third-order valence-electron chi connectivity index (χ3n) is 4.43. The van der Waals surface area contributed by atoms with Crippen molar-refractivity contribution in [3.63, 3.8) is 0 Å².